The molecule has 35 heavy (non-hydrogen) atoms. The Morgan fingerprint density at radius 2 is 1.43 bits per heavy atom. The van der Waals surface area contributed by atoms with E-state index in [2.05, 4.69) is 4.90 Å². The number of likely N-dealkylation sites (tertiary alicyclic amines) is 1. The van der Waals surface area contributed by atoms with E-state index in [0.717, 1.165) is 37.9 Å². The summed E-state index contributed by atoms with van der Waals surface area (Å²) in [4.78, 5) is 14.3. The van der Waals surface area contributed by atoms with Gasteiger partial charge in [0.15, 0.2) is 0 Å². The largest absolute Gasteiger partial charge is 0.481 e. The van der Waals surface area contributed by atoms with Gasteiger partial charge in [-0.3, -0.25) is 9.69 Å². The molecule has 0 unspecified atom stereocenters. The summed E-state index contributed by atoms with van der Waals surface area (Å²) >= 11 is 0. The summed E-state index contributed by atoms with van der Waals surface area (Å²) in [6.45, 7) is 2.22. The van der Waals surface area contributed by atoms with Crippen molar-refractivity contribution in [2.75, 3.05) is 13.1 Å². The molecule has 0 bridgehead atoms. The summed E-state index contributed by atoms with van der Waals surface area (Å²) in [6.07, 6.45) is 11.5. The molecule has 1 aromatic carbocycles. The molecule has 4 fully saturated rings. The molecule has 0 aromatic heterocycles. The van der Waals surface area contributed by atoms with Crippen LogP contribution in [-0.4, -0.2) is 35.1 Å². The first-order valence-corrected chi connectivity index (χ1v) is 13.8. The van der Waals surface area contributed by atoms with Crippen LogP contribution in [0.25, 0.3) is 0 Å². The quantitative estimate of drug-likeness (QED) is 0.470. The van der Waals surface area contributed by atoms with Crippen LogP contribution in [0.1, 0.15) is 107 Å². The lowest BCUT2D eigenvalue weighted by atomic mass is 9.72. The second-order valence-electron chi connectivity index (χ2n) is 12.4. The highest BCUT2D eigenvalue weighted by Crippen LogP contribution is 2.54. The lowest BCUT2D eigenvalue weighted by Gasteiger charge is -2.46. The van der Waals surface area contributed by atoms with Crippen LogP contribution >= 0.6 is 0 Å². The second kappa shape index (κ2) is 9.72. The molecular formula is C29H40F3NO2. The number of aliphatic carboxylic acids is 1. The summed E-state index contributed by atoms with van der Waals surface area (Å²) in [7, 11) is 0. The van der Waals surface area contributed by atoms with Crippen LogP contribution in [0.4, 0.5) is 13.2 Å². The Morgan fingerprint density at radius 3 is 1.91 bits per heavy atom. The summed E-state index contributed by atoms with van der Waals surface area (Å²) in [5.41, 5.74) is 1.13. The molecule has 3 aliphatic carbocycles. The van der Waals surface area contributed by atoms with E-state index < -0.39 is 17.7 Å². The zero-order chi connectivity index (χ0) is 24.7. The van der Waals surface area contributed by atoms with Crippen molar-refractivity contribution in [3.63, 3.8) is 0 Å². The monoisotopic (exact) mass is 491 g/mol. The van der Waals surface area contributed by atoms with Crippen molar-refractivity contribution < 1.29 is 23.1 Å². The number of rotatable bonds is 4. The molecule has 0 amide bonds. The number of halogens is 3. The van der Waals surface area contributed by atoms with Gasteiger partial charge in [0, 0.05) is 25.6 Å². The molecule has 1 saturated heterocycles. The summed E-state index contributed by atoms with van der Waals surface area (Å²) < 4.78 is 39.7. The van der Waals surface area contributed by atoms with Gasteiger partial charge in [-0.05, 0) is 98.1 Å². The molecule has 1 N–H and O–H groups in total. The van der Waals surface area contributed by atoms with E-state index in [4.69, 9.17) is 0 Å². The maximum atomic E-state index is 13.2. The van der Waals surface area contributed by atoms with Crippen molar-refractivity contribution >= 4 is 5.97 Å². The number of carbonyl (C=O) groups is 1. The molecule has 5 rings (SSSR count). The van der Waals surface area contributed by atoms with Crippen molar-refractivity contribution in [2.45, 2.75) is 108 Å². The molecule has 6 heteroatoms. The van der Waals surface area contributed by atoms with Crippen molar-refractivity contribution in [2.24, 2.45) is 16.7 Å². The number of hydrogen-bond donors (Lipinski definition) is 1. The van der Waals surface area contributed by atoms with Crippen LogP contribution < -0.4 is 0 Å². The number of nitrogens with zero attached hydrogens (tertiary/aromatic N) is 1. The molecule has 1 aliphatic heterocycles. The van der Waals surface area contributed by atoms with Crippen LogP contribution in [0.2, 0.25) is 0 Å². The van der Waals surface area contributed by atoms with Crippen LogP contribution in [0.3, 0.4) is 0 Å². The van der Waals surface area contributed by atoms with Crippen molar-refractivity contribution in [3.8, 4) is 0 Å². The minimum absolute atomic E-state index is 0.0869. The number of benzene rings is 1. The second-order valence-corrected chi connectivity index (χ2v) is 12.4. The zero-order valence-corrected chi connectivity index (χ0v) is 20.8. The average molecular weight is 492 g/mol. The summed E-state index contributed by atoms with van der Waals surface area (Å²) in [5, 5.41) is 9.44. The van der Waals surface area contributed by atoms with Gasteiger partial charge in [0.1, 0.15) is 0 Å². The van der Waals surface area contributed by atoms with Crippen molar-refractivity contribution in [3.05, 3.63) is 35.4 Å². The Hall–Kier alpha value is -1.56. The first kappa shape index (κ1) is 25.1. The van der Waals surface area contributed by atoms with Gasteiger partial charge in [0.2, 0.25) is 0 Å². The van der Waals surface area contributed by atoms with E-state index in [1.165, 1.54) is 76.3 Å². The van der Waals surface area contributed by atoms with Crippen LogP contribution in [0.15, 0.2) is 24.3 Å². The van der Waals surface area contributed by atoms with E-state index in [1.807, 2.05) is 0 Å². The van der Waals surface area contributed by atoms with Crippen molar-refractivity contribution in [1.29, 1.82) is 0 Å². The third kappa shape index (κ3) is 5.42. The van der Waals surface area contributed by atoms with Gasteiger partial charge in [-0.2, -0.15) is 13.2 Å². The highest BCUT2D eigenvalue weighted by molar-refractivity contribution is 5.67. The lowest BCUT2D eigenvalue weighted by molar-refractivity contribution is -0.139. The molecule has 3 saturated carbocycles. The minimum atomic E-state index is -4.34. The number of hydrogen-bond acceptors (Lipinski definition) is 2. The lowest BCUT2D eigenvalue weighted by Crippen LogP contribution is -2.49. The average Bonchev–Trinajstić information content (AvgIpc) is 3.43. The fraction of sp³-hybridized carbons (Fsp3) is 0.759. The van der Waals surface area contributed by atoms with Crippen molar-refractivity contribution in [1.82, 2.24) is 4.90 Å². The van der Waals surface area contributed by atoms with Gasteiger partial charge in [-0.25, -0.2) is 0 Å². The third-order valence-electron chi connectivity index (χ3n) is 10.1. The Kier molecular flexibility index (Phi) is 6.97. The van der Waals surface area contributed by atoms with Gasteiger partial charge in [0.25, 0.3) is 0 Å². The van der Waals surface area contributed by atoms with Gasteiger partial charge in [0.05, 0.1) is 5.56 Å². The molecule has 0 radical (unpaired) electrons. The Balaban J connectivity index is 1.46. The van der Waals surface area contributed by atoms with Gasteiger partial charge in [-0.15, -0.1) is 0 Å². The molecule has 2 spiro atoms. The standard InChI is InChI=1S/C29H40F3NO2/c30-29(31,32)23-8-6-22(7-9-23)24-17-21(18-26(34)35)5-10-25(24)33-19-27(11-1-2-12-27)15-16-28(20-33)13-3-4-14-28/h6-9,21,24-25H,1-5,10-20H2,(H,34,35)/t21-,24+,25-/m1/s1. The van der Waals surface area contributed by atoms with Gasteiger partial charge in [-0.1, -0.05) is 37.8 Å². The smallest absolute Gasteiger partial charge is 0.416 e. The number of carboxylic acid groups (broad SMARTS) is 1. The highest BCUT2D eigenvalue weighted by Gasteiger charge is 2.48. The van der Waals surface area contributed by atoms with E-state index in [0.29, 0.717) is 10.8 Å². The minimum Gasteiger partial charge on any atom is -0.481 e. The maximum absolute atomic E-state index is 13.2. The first-order valence-electron chi connectivity index (χ1n) is 13.8. The number of carboxylic acids is 1. The van der Waals surface area contributed by atoms with E-state index in [1.54, 1.807) is 12.1 Å². The highest BCUT2D eigenvalue weighted by atomic mass is 19.4. The first-order chi connectivity index (χ1) is 16.7. The fourth-order valence-corrected chi connectivity index (χ4v) is 8.30. The third-order valence-corrected chi connectivity index (χ3v) is 10.1. The van der Waals surface area contributed by atoms with Crippen LogP contribution in [0.5, 0.6) is 0 Å². The normalized spacial score (nSPS) is 31.1. The zero-order valence-electron chi connectivity index (χ0n) is 20.8. The SMILES string of the molecule is O=C(O)C[C@@H]1CC[C@@H](N2CC3(CCCC3)CCC3(CCCC3)C2)[C@H](c2ccc(C(F)(F)F)cc2)C1. The molecular weight excluding hydrogens is 451 g/mol. The topological polar surface area (TPSA) is 40.5 Å². The Bertz CT molecular complexity index is 858. The Morgan fingerprint density at radius 1 is 0.886 bits per heavy atom. The van der Waals surface area contributed by atoms with Gasteiger partial charge < -0.3 is 5.11 Å². The van der Waals surface area contributed by atoms with Crippen LogP contribution in [-0.2, 0) is 11.0 Å². The predicted octanol–water partition coefficient (Wildman–Crippen LogP) is 7.65. The van der Waals surface area contributed by atoms with Gasteiger partial charge >= 0.3 is 12.1 Å². The van der Waals surface area contributed by atoms with E-state index >= 15 is 0 Å². The molecule has 3 nitrogen and oxygen atoms in total. The van der Waals surface area contributed by atoms with E-state index in [9.17, 15) is 23.1 Å². The maximum Gasteiger partial charge on any atom is 0.416 e. The summed E-state index contributed by atoms with van der Waals surface area (Å²) in [6, 6.07) is 6.04. The molecule has 3 atom stereocenters. The number of alkyl halides is 3. The Labute approximate surface area is 207 Å². The molecule has 1 aromatic rings. The van der Waals surface area contributed by atoms with E-state index in [-0.39, 0.29) is 24.3 Å². The molecule has 194 valence electrons. The predicted molar refractivity (Wildman–Crippen MR) is 130 cm³/mol. The molecule has 1 heterocycles. The summed E-state index contributed by atoms with van der Waals surface area (Å²) in [5.74, 6) is -0.599. The molecule has 4 aliphatic rings. The van der Waals surface area contributed by atoms with Crippen LogP contribution in [0, 0.1) is 16.7 Å². The fourth-order valence-electron chi connectivity index (χ4n) is 8.30.